The Labute approximate surface area is 160 Å². The highest BCUT2D eigenvalue weighted by atomic mass is 16.5. The average molecular weight is 366 g/mol. The fraction of sp³-hybridized carbons (Fsp3) is 0.524. The quantitative estimate of drug-likeness (QED) is 0.827. The van der Waals surface area contributed by atoms with Crippen LogP contribution in [0.4, 0.5) is 5.69 Å². The van der Waals surface area contributed by atoms with Gasteiger partial charge in [-0.15, -0.1) is 0 Å². The van der Waals surface area contributed by atoms with Crippen molar-refractivity contribution in [2.24, 2.45) is 5.41 Å². The topological polar surface area (TPSA) is 50.7 Å². The average Bonchev–Trinajstić information content (AvgIpc) is 2.99. The Morgan fingerprint density at radius 1 is 1.11 bits per heavy atom. The third-order valence-corrected chi connectivity index (χ3v) is 6.07. The van der Waals surface area contributed by atoms with Gasteiger partial charge in [0.15, 0.2) is 0 Å². The molecule has 3 aliphatic rings. The van der Waals surface area contributed by atoms with Crippen LogP contribution < -0.4 is 14.4 Å². The monoisotopic (exact) mass is 366 g/mol. The number of aromatic nitrogens is 2. The lowest BCUT2D eigenvalue weighted by molar-refractivity contribution is -0.0382. The van der Waals surface area contributed by atoms with Crippen molar-refractivity contribution in [2.45, 2.75) is 26.4 Å². The molecular weight excluding hydrogens is 340 g/mol. The zero-order valence-electron chi connectivity index (χ0n) is 16.2. The first kappa shape index (κ1) is 16.8. The summed E-state index contributed by atoms with van der Waals surface area (Å²) in [6.45, 7) is 9.59. The molecule has 2 fully saturated rings. The molecule has 0 amide bonds. The van der Waals surface area contributed by atoms with Crippen molar-refractivity contribution in [1.82, 2.24) is 14.9 Å². The number of ether oxygens (including phenoxy) is 2. The van der Waals surface area contributed by atoms with E-state index in [9.17, 15) is 0 Å². The van der Waals surface area contributed by atoms with Crippen LogP contribution in [-0.2, 0) is 6.42 Å². The highest BCUT2D eigenvalue weighted by Crippen LogP contribution is 2.42. The summed E-state index contributed by atoms with van der Waals surface area (Å²) in [6.07, 6.45) is 1.15. The van der Waals surface area contributed by atoms with Gasteiger partial charge in [-0.25, -0.2) is 4.98 Å². The highest BCUT2D eigenvalue weighted by Gasteiger charge is 2.52. The SMILES string of the molecule is COc1ccc(N2CC3(CN(CC4Cc5c(C)nc(C)nc5O4)C3)C2)cc1. The van der Waals surface area contributed by atoms with E-state index in [1.54, 1.807) is 7.11 Å². The number of benzene rings is 1. The van der Waals surface area contributed by atoms with Crippen LogP contribution in [0.25, 0.3) is 0 Å². The molecule has 0 saturated carbocycles. The lowest BCUT2D eigenvalue weighted by Crippen LogP contribution is -2.72. The maximum Gasteiger partial charge on any atom is 0.220 e. The van der Waals surface area contributed by atoms with Gasteiger partial charge < -0.3 is 14.4 Å². The van der Waals surface area contributed by atoms with Crippen molar-refractivity contribution in [3.63, 3.8) is 0 Å². The third kappa shape index (κ3) is 2.92. The van der Waals surface area contributed by atoms with E-state index in [2.05, 4.69) is 38.8 Å². The van der Waals surface area contributed by atoms with Gasteiger partial charge in [-0.3, -0.25) is 4.90 Å². The summed E-state index contributed by atoms with van der Waals surface area (Å²) in [7, 11) is 1.71. The van der Waals surface area contributed by atoms with Gasteiger partial charge in [-0.1, -0.05) is 0 Å². The standard InChI is InChI=1S/C21H26N4O2/c1-14-19-8-18(27-20(19)23-15(2)22-14)9-24-10-21(11-24)12-25(13-21)16-4-6-17(26-3)7-5-16/h4-7,18H,8-13H2,1-3H3. The fourth-order valence-electron chi connectivity index (χ4n) is 4.82. The minimum Gasteiger partial charge on any atom is -0.497 e. The van der Waals surface area contributed by atoms with Crippen LogP contribution in [0.1, 0.15) is 17.1 Å². The van der Waals surface area contributed by atoms with Crippen LogP contribution in [0.5, 0.6) is 11.6 Å². The van der Waals surface area contributed by atoms with Crippen molar-refractivity contribution in [2.75, 3.05) is 44.7 Å². The Kier molecular flexibility index (Phi) is 3.79. The Balaban J connectivity index is 1.12. The molecule has 2 aromatic rings. The number of rotatable bonds is 4. The predicted octanol–water partition coefficient (Wildman–Crippen LogP) is 2.23. The minimum atomic E-state index is 0.213. The lowest BCUT2D eigenvalue weighted by atomic mass is 9.72. The van der Waals surface area contributed by atoms with Crippen LogP contribution in [0.15, 0.2) is 24.3 Å². The fourth-order valence-corrected chi connectivity index (χ4v) is 4.82. The molecule has 1 spiro atoms. The molecule has 0 radical (unpaired) electrons. The second kappa shape index (κ2) is 6.09. The number of aryl methyl sites for hydroxylation is 2. The molecule has 0 aliphatic carbocycles. The Bertz CT molecular complexity index is 853. The first-order valence-electron chi connectivity index (χ1n) is 9.66. The van der Waals surface area contributed by atoms with Crippen LogP contribution in [0, 0.1) is 19.3 Å². The van der Waals surface area contributed by atoms with Crippen LogP contribution >= 0.6 is 0 Å². The summed E-state index contributed by atoms with van der Waals surface area (Å²) < 4.78 is 11.3. The second-order valence-electron chi connectivity index (χ2n) is 8.31. The molecule has 2 saturated heterocycles. The van der Waals surface area contributed by atoms with Crippen molar-refractivity contribution < 1.29 is 9.47 Å². The van der Waals surface area contributed by atoms with E-state index in [4.69, 9.17) is 9.47 Å². The molecule has 1 aromatic heterocycles. The first-order valence-corrected chi connectivity index (χ1v) is 9.66. The van der Waals surface area contributed by atoms with Crippen molar-refractivity contribution >= 4 is 5.69 Å². The summed E-state index contributed by atoms with van der Waals surface area (Å²) in [6, 6.07) is 8.37. The summed E-state index contributed by atoms with van der Waals surface area (Å²) in [4.78, 5) is 13.9. The van der Waals surface area contributed by atoms with Crippen molar-refractivity contribution in [3.05, 3.63) is 41.3 Å². The van der Waals surface area contributed by atoms with Gasteiger partial charge in [0.25, 0.3) is 0 Å². The largest absolute Gasteiger partial charge is 0.497 e. The molecule has 1 aromatic carbocycles. The van der Waals surface area contributed by atoms with Crippen LogP contribution in [0.2, 0.25) is 0 Å². The van der Waals surface area contributed by atoms with Gasteiger partial charge in [0.05, 0.1) is 7.11 Å². The van der Waals surface area contributed by atoms with Crippen LogP contribution in [0.3, 0.4) is 0 Å². The van der Waals surface area contributed by atoms with Gasteiger partial charge >= 0.3 is 0 Å². The Hall–Kier alpha value is -2.34. The first-order chi connectivity index (χ1) is 13.0. The third-order valence-electron chi connectivity index (χ3n) is 6.07. The molecule has 6 heteroatoms. The van der Waals surface area contributed by atoms with Gasteiger partial charge in [-0.05, 0) is 38.1 Å². The Morgan fingerprint density at radius 2 is 1.85 bits per heavy atom. The van der Waals surface area contributed by atoms with Crippen LogP contribution in [-0.4, -0.2) is 60.8 Å². The van der Waals surface area contributed by atoms with Gasteiger partial charge in [-0.2, -0.15) is 4.98 Å². The number of likely N-dealkylation sites (tertiary alicyclic amines) is 1. The van der Waals surface area contributed by atoms with E-state index in [0.717, 1.165) is 49.2 Å². The second-order valence-corrected chi connectivity index (χ2v) is 8.31. The highest BCUT2D eigenvalue weighted by molar-refractivity contribution is 5.52. The van der Waals surface area contributed by atoms with E-state index in [1.807, 2.05) is 19.1 Å². The molecule has 1 atom stereocenters. The molecule has 5 rings (SSSR count). The summed E-state index contributed by atoms with van der Waals surface area (Å²) in [5.41, 5.74) is 4.01. The van der Waals surface area contributed by atoms with Gasteiger partial charge in [0, 0.05) is 61.5 Å². The normalized spacial score (nSPS) is 22.8. The molecule has 0 N–H and O–H groups in total. The smallest absolute Gasteiger partial charge is 0.220 e. The summed E-state index contributed by atoms with van der Waals surface area (Å²) >= 11 is 0. The summed E-state index contributed by atoms with van der Waals surface area (Å²) in [5, 5.41) is 0. The van der Waals surface area contributed by atoms with Gasteiger partial charge in [0.2, 0.25) is 5.88 Å². The zero-order valence-corrected chi connectivity index (χ0v) is 16.2. The number of hydrogen-bond acceptors (Lipinski definition) is 6. The van der Waals surface area contributed by atoms with Crippen molar-refractivity contribution in [1.29, 1.82) is 0 Å². The van der Waals surface area contributed by atoms with Crippen molar-refractivity contribution in [3.8, 4) is 11.6 Å². The van der Waals surface area contributed by atoms with E-state index in [1.165, 1.54) is 24.3 Å². The maximum atomic E-state index is 6.09. The molecule has 0 bridgehead atoms. The molecule has 1 unspecified atom stereocenters. The van der Waals surface area contributed by atoms with Gasteiger partial charge in [0.1, 0.15) is 17.7 Å². The maximum absolute atomic E-state index is 6.09. The number of fused-ring (bicyclic) bond motifs is 1. The molecule has 4 heterocycles. The lowest BCUT2D eigenvalue weighted by Gasteiger charge is -2.61. The molecule has 27 heavy (non-hydrogen) atoms. The van der Waals surface area contributed by atoms with E-state index < -0.39 is 0 Å². The van der Waals surface area contributed by atoms with E-state index >= 15 is 0 Å². The predicted molar refractivity (Wildman–Crippen MR) is 104 cm³/mol. The van der Waals surface area contributed by atoms with E-state index in [0.29, 0.717) is 5.41 Å². The number of methoxy groups -OCH3 is 1. The molecule has 6 nitrogen and oxygen atoms in total. The zero-order chi connectivity index (χ0) is 18.6. The number of nitrogens with zero attached hydrogens (tertiary/aromatic N) is 4. The van der Waals surface area contributed by atoms with E-state index in [-0.39, 0.29) is 6.10 Å². The minimum absolute atomic E-state index is 0.213. The number of anilines is 1. The molecule has 142 valence electrons. The molecular formula is C21H26N4O2. The molecule has 3 aliphatic heterocycles. The Morgan fingerprint density at radius 3 is 2.56 bits per heavy atom. The number of hydrogen-bond donors (Lipinski definition) is 0. The summed E-state index contributed by atoms with van der Waals surface area (Å²) in [5.74, 6) is 2.51.